The fraction of sp³-hybridized carbons (Fsp3) is 0.235. The molecule has 3 heteroatoms. The molecule has 1 heterocycles. The van der Waals surface area contributed by atoms with Gasteiger partial charge in [-0.1, -0.05) is 48.5 Å². The molecule has 2 aromatic carbocycles. The molecular weight excluding hydrogens is 250 g/mol. The number of hydrogen-bond acceptors (Lipinski definition) is 3. The number of carbonyl (C=O) groups is 1. The van der Waals surface area contributed by atoms with Crippen molar-refractivity contribution in [2.75, 3.05) is 11.9 Å². The average Bonchev–Trinajstić information content (AvgIpc) is 2.53. The molecule has 0 aliphatic carbocycles. The number of anilines is 1. The molecule has 2 aromatic rings. The lowest BCUT2D eigenvalue weighted by molar-refractivity contribution is -0.147. The number of hydrogen-bond donors (Lipinski definition) is 1. The van der Waals surface area contributed by atoms with Gasteiger partial charge in [-0.2, -0.15) is 0 Å². The molecule has 3 nitrogen and oxygen atoms in total. The summed E-state index contributed by atoms with van der Waals surface area (Å²) < 4.78 is 5.46. The van der Waals surface area contributed by atoms with Crippen molar-refractivity contribution in [2.45, 2.75) is 18.9 Å². The first-order chi connectivity index (χ1) is 9.84. The lowest BCUT2D eigenvalue weighted by atomic mass is 9.91. The number of nitrogens with one attached hydrogen (secondary N) is 1. The second-order valence-corrected chi connectivity index (χ2v) is 4.95. The molecule has 0 spiro atoms. The summed E-state index contributed by atoms with van der Waals surface area (Å²) in [5.74, 6) is -0.293. The van der Waals surface area contributed by atoms with Crippen LogP contribution in [0.15, 0.2) is 54.6 Å². The Morgan fingerprint density at radius 2 is 1.85 bits per heavy atom. The minimum Gasteiger partial charge on any atom is -0.460 e. The van der Waals surface area contributed by atoms with E-state index in [1.54, 1.807) is 0 Å². The van der Waals surface area contributed by atoms with Crippen LogP contribution >= 0.6 is 0 Å². The van der Waals surface area contributed by atoms with Gasteiger partial charge in [0.1, 0.15) is 6.61 Å². The normalized spacial score (nSPS) is 16.9. The van der Waals surface area contributed by atoms with Gasteiger partial charge in [-0.3, -0.25) is 4.79 Å². The Kier molecular flexibility index (Phi) is 3.68. The van der Waals surface area contributed by atoms with Crippen molar-refractivity contribution in [3.8, 4) is 0 Å². The molecule has 102 valence electrons. The van der Waals surface area contributed by atoms with Crippen LogP contribution in [0.25, 0.3) is 0 Å². The van der Waals surface area contributed by atoms with Gasteiger partial charge in [0.15, 0.2) is 0 Å². The maximum atomic E-state index is 12.3. The summed E-state index contributed by atoms with van der Waals surface area (Å²) in [5.41, 5.74) is 3.10. The summed E-state index contributed by atoms with van der Waals surface area (Å²) in [6, 6.07) is 17.7. The fourth-order valence-corrected chi connectivity index (χ4v) is 2.54. The van der Waals surface area contributed by atoms with Crippen molar-refractivity contribution in [1.29, 1.82) is 0 Å². The standard InChI is InChI=1S/C17H17NO2/c19-17(20-12-13-6-2-1-3-7-13)15-10-11-18-16-9-5-4-8-14(15)16/h1-9,15,18H,10-12H2. The average molecular weight is 267 g/mol. The van der Waals surface area contributed by atoms with E-state index < -0.39 is 0 Å². The molecule has 1 N–H and O–H groups in total. The summed E-state index contributed by atoms with van der Waals surface area (Å²) in [4.78, 5) is 12.3. The SMILES string of the molecule is O=C(OCc1ccccc1)C1CCNc2ccccc21. The van der Waals surface area contributed by atoms with Crippen LogP contribution in [-0.4, -0.2) is 12.5 Å². The van der Waals surface area contributed by atoms with Crippen molar-refractivity contribution < 1.29 is 9.53 Å². The number of ether oxygens (including phenoxy) is 1. The predicted octanol–water partition coefficient (Wildman–Crippen LogP) is 3.33. The molecular formula is C17H17NO2. The first kappa shape index (κ1) is 12.7. The van der Waals surface area contributed by atoms with Gasteiger partial charge in [0, 0.05) is 12.2 Å². The molecule has 0 amide bonds. The zero-order valence-electron chi connectivity index (χ0n) is 11.2. The quantitative estimate of drug-likeness (QED) is 0.867. The first-order valence-corrected chi connectivity index (χ1v) is 6.88. The summed E-state index contributed by atoms with van der Waals surface area (Å²) in [6.45, 7) is 1.15. The molecule has 0 radical (unpaired) electrons. The monoisotopic (exact) mass is 267 g/mol. The van der Waals surface area contributed by atoms with E-state index in [-0.39, 0.29) is 11.9 Å². The number of benzene rings is 2. The third kappa shape index (κ3) is 2.67. The lowest BCUT2D eigenvalue weighted by Crippen LogP contribution is -2.24. The highest BCUT2D eigenvalue weighted by atomic mass is 16.5. The smallest absolute Gasteiger partial charge is 0.313 e. The van der Waals surface area contributed by atoms with Crippen molar-refractivity contribution in [2.24, 2.45) is 0 Å². The summed E-state index contributed by atoms with van der Waals surface area (Å²) >= 11 is 0. The largest absolute Gasteiger partial charge is 0.460 e. The topological polar surface area (TPSA) is 38.3 Å². The van der Waals surface area contributed by atoms with Crippen molar-refractivity contribution in [3.05, 3.63) is 65.7 Å². The van der Waals surface area contributed by atoms with Crippen molar-refractivity contribution in [3.63, 3.8) is 0 Å². The van der Waals surface area contributed by atoms with Crippen LogP contribution in [-0.2, 0) is 16.1 Å². The van der Waals surface area contributed by atoms with Gasteiger partial charge in [-0.25, -0.2) is 0 Å². The maximum absolute atomic E-state index is 12.3. The molecule has 0 aromatic heterocycles. The summed E-state index contributed by atoms with van der Waals surface area (Å²) in [6.07, 6.45) is 0.782. The zero-order valence-corrected chi connectivity index (χ0v) is 11.2. The molecule has 1 aliphatic rings. The van der Waals surface area contributed by atoms with Crippen LogP contribution in [0.2, 0.25) is 0 Å². The van der Waals surface area contributed by atoms with E-state index in [9.17, 15) is 4.79 Å². The Hall–Kier alpha value is -2.29. The molecule has 1 unspecified atom stereocenters. The van der Waals surface area contributed by atoms with Gasteiger partial charge in [0.05, 0.1) is 5.92 Å². The maximum Gasteiger partial charge on any atom is 0.313 e. The molecule has 1 aliphatic heterocycles. The Morgan fingerprint density at radius 1 is 1.10 bits per heavy atom. The molecule has 0 saturated heterocycles. The Morgan fingerprint density at radius 3 is 2.70 bits per heavy atom. The minimum atomic E-state index is -0.156. The number of para-hydroxylation sites is 1. The minimum absolute atomic E-state index is 0.136. The highest BCUT2D eigenvalue weighted by molar-refractivity contribution is 5.81. The Labute approximate surface area is 118 Å². The van der Waals surface area contributed by atoms with Crippen LogP contribution in [0.1, 0.15) is 23.5 Å². The van der Waals surface area contributed by atoms with Crippen LogP contribution in [0.5, 0.6) is 0 Å². The van der Waals surface area contributed by atoms with Crippen LogP contribution in [0.4, 0.5) is 5.69 Å². The van der Waals surface area contributed by atoms with Crippen molar-refractivity contribution in [1.82, 2.24) is 0 Å². The molecule has 20 heavy (non-hydrogen) atoms. The molecule has 0 fully saturated rings. The van der Waals surface area contributed by atoms with Crippen molar-refractivity contribution >= 4 is 11.7 Å². The first-order valence-electron chi connectivity index (χ1n) is 6.88. The number of fused-ring (bicyclic) bond motifs is 1. The highest BCUT2D eigenvalue weighted by Crippen LogP contribution is 2.32. The van der Waals surface area contributed by atoms with Gasteiger partial charge >= 0.3 is 5.97 Å². The van der Waals surface area contributed by atoms with Gasteiger partial charge in [-0.15, -0.1) is 0 Å². The van der Waals surface area contributed by atoms with E-state index in [2.05, 4.69) is 5.32 Å². The number of rotatable bonds is 3. The predicted molar refractivity (Wildman–Crippen MR) is 78.5 cm³/mol. The van der Waals surface area contributed by atoms with E-state index in [1.165, 1.54) is 0 Å². The molecule has 0 saturated carbocycles. The van der Waals surface area contributed by atoms with Gasteiger partial charge < -0.3 is 10.1 Å². The van der Waals surface area contributed by atoms with Gasteiger partial charge in [-0.05, 0) is 23.6 Å². The molecule has 3 rings (SSSR count). The second-order valence-electron chi connectivity index (χ2n) is 4.95. The third-order valence-electron chi connectivity index (χ3n) is 3.59. The number of carbonyl (C=O) groups excluding carboxylic acids is 1. The Bertz CT molecular complexity index is 595. The Balaban J connectivity index is 1.69. The summed E-state index contributed by atoms with van der Waals surface area (Å²) in [7, 11) is 0. The van der Waals surface area contributed by atoms with E-state index in [0.717, 1.165) is 29.8 Å². The van der Waals surface area contributed by atoms with Gasteiger partial charge in [0.2, 0.25) is 0 Å². The van der Waals surface area contributed by atoms with E-state index in [1.807, 2.05) is 54.6 Å². The van der Waals surface area contributed by atoms with E-state index in [0.29, 0.717) is 6.61 Å². The van der Waals surface area contributed by atoms with Crippen LogP contribution in [0.3, 0.4) is 0 Å². The van der Waals surface area contributed by atoms with Gasteiger partial charge in [0.25, 0.3) is 0 Å². The summed E-state index contributed by atoms with van der Waals surface area (Å²) in [5, 5.41) is 3.31. The zero-order chi connectivity index (χ0) is 13.8. The van der Waals surface area contributed by atoms with E-state index >= 15 is 0 Å². The van der Waals surface area contributed by atoms with Crippen LogP contribution < -0.4 is 5.32 Å². The molecule has 0 bridgehead atoms. The molecule has 1 atom stereocenters. The third-order valence-corrected chi connectivity index (χ3v) is 3.59. The highest BCUT2D eigenvalue weighted by Gasteiger charge is 2.27. The lowest BCUT2D eigenvalue weighted by Gasteiger charge is -2.25. The number of esters is 1. The van der Waals surface area contributed by atoms with Crippen LogP contribution in [0, 0.1) is 0 Å². The second kappa shape index (κ2) is 5.78. The van der Waals surface area contributed by atoms with E-state index in [4.69, 9.17) is 4.74 Å². The fourth-order valence-electron chi connectivity index (χ4n) is 2.54.